The fourth-order valence-electron chi connectivity index (χ4n) is 1.28. The molecule has 1 N–H and O–H groups in total. The monoisotopic (exact) mass is 321 g/mol. The summed E-state index contributed by atoms with van der Waals surface area (Å²) in [6, 6.07) is 3.20. The molecular weight excluding hydrogens is 315 g/mol. The summed E-state index contributed by atoms with van der Waals surface area (Å²) in [5.74, 6) is -3.07. The van der Waals surface area contributed by atoms with Crippen LogP contribution in [0.3, 0.4) is 0 Å². The van der Waals surface area contributed by atoms with E-state index in [1.807, 2.05) is 11.4 Å². The van der Waals surface area contributed by atoms with Gasteiger partial charge in [0.2, 0.25) is 0 Å². The lowest BCUT2D eigenvalue weighted by Crippen LogP contribution is -2.02. The molecule has 0 saturated carbocycles. The predicted molar refractivity (Wildman–Crippen MR) is 65.7 cm³/mol. The highest BCUT2D eigenvalue weighted by Crippen LogP contribution is 2.25. The van der Waals surface area contributed by atoms with Crippen LogP contribution in [0.2, 0.25) is 0 Å². The Kier molecular flexibility index (Phi) is 3.73. The molecule has 1 nitrogen and oxygen atoms in total. The lowest BCUT2D eigenvalue weighted by molar-refractivity contribution is 0.496. The summed E-state index contributed by atoms with van der Waals surface area (Å²) in [6.45, 7) is 0.347. The zero-order valence-corrected chi connectivity index (χ0v) is 10.8. The van der Waals surface area contributed by atoms with E-state index in [-0.39, 0.29) is 5.69 Å². The standard InChI is InChI=1S/C11H7BrF3NS/c12-6-1-2-17-11(6)5-16-10-4-8(14)7(13)3-9(10)15/h1-4,16H,5H2. The maximum atomic E-state index is 13.3. The van der Waals surface area contributed by atoms with Crippen molar-refractivity contribution in [3.63, 3.8) is 0 Å². The molecule has 0 atom stereocenters. The van der Waals surface area contributed by atoms with Gasteiger partial charge in [0, 0.05) is 21.5 Å². The Morgan fingerprint density at radius 2 is 1.82 bits per heavy atom. The van der Waals surface area contributed by atoms with Crippen LogP contribution >= 0.6 is 27.3 Å². The second kappa shape index (κ2) is 5.10. The Bertz CT molecular complexity index is 542. The second-order valence-electron chi connectivity index (χ2n) is 3.29. The third-order valence-corrected chi connectivity index (χ3v) is 4.07. The van der Waals surface area contributed by atoms with Gasteiger partial charge in [0.05, 0.1) is 12.2 Å². The normalized spacial score (nSPS) is 10.6. The Morgan fingerprint density at radius 1 is 1.12 bits per heavy atom. The third-order valence-electron chi connectivity index (χ3n) is 2.14. The molecular formula is C11H7BrF3NS. The largest absolute Gasteiger partial charge is 0.378 e. The van der Waals surface area contributed by atoms with Gasteiger partial charge in [0.1, 0.15) is 5.82 Å². The van der Waals surface area contributed by atoms with Crippen LogP contribution < -0.4 is 5.32 Å². The smallest absolute Gasteiger partial charge is 0.161 e. The molecule has 0 fully saturated rings. The average molecular weight is 322 g/mol. The fraction of sp³-hybridized carbons (Fsp3) is 0.0909. The highest BCUT2D eigenvalue weighted by atomic mass is 79.9. The Hall–Kier alpha value is -1.01. The third kappa shape index (κ3) is 2.81. The van der Waals surface area contributed by atoms with Crippen molar-refractivity contribution in [2.45, 2.75) is 6.54 Å². The molecule has 0 radical (unpaired) electrons. The van der Waals surface area contributed by atoms with Gasteiger partial charge in [-0.05, 0) is 27.4 Å². The number of nitrogens with one attached hydrogen (secondary N) is 1. The lowest BCUT2D eigenvalue weighted by Gasteiger charge is -2.07. The van der Waals surface area contributed by atoms with Gasteiger partial charge in [0.25, 0.3) is 0 Å². The molecule has 0 unspecified atom stereocenters. The Labute approximate surface area is 108 Å². The van der Waals surface area contributed by atoms with Gasteiger partial charge in [-0.25, -0.2) is 13.2 Å². The quantitative estimate of drug-likeness (QED) is 0.818. The molecule has 2 rings (SSSR count). The maximum Gasteiger partial charge on any atom is 0.161 e. The first-order valence-corrected chi connectivity index (χ1v) is 6.35. The van der Waals surface area contributed by atoms with Gasteiger partial charge in [-0.1, -0.05) is 0 Å². The van der Waals surface area contributed by atoms with Crippen LogP contribution in [0.4, 0.5) is 18.9 Å². The number of halogens is 4. The van der Waals surface area contributed by atoms with E-state index in [4.69, 9.17) is 0 Å². The summed E-state index contributed by atoms with van der Waals surface area (Å²) in [4.78, 5) is 0.953. The van der Waals surface area contributed by atoms with E-state index < -0.39 is 17.5 Å². The van der Waals surface area contributed by atoms with Crippen LogP contribution in [-0.2, 0) is 6.54 Å². The van der Waals surface area contributed by atoms with E-state index in [1.165, 1.54) is 11.3 Å². The number of hydrogen-bond donors (Lipinski definition) is 1. The lowest BCUT2D eigenvalue weighted by atomic mass is 10.2. The van der Waals surface area contributed by atoms with Crippen molar-refractivity contribution in [1.29, 1.82) is 0 Å². The molecule has 2 aromatic rings. The van der Waals surface area contributed by atoms with E-state index in [2.05, 4.69) is 21.2 Å². The molecule has 0 bridgehead atoms. The molecule has 0 aliphatic carbocycles. The molecule has 6 heteroatoms. The van der Waals surface area contributed by atoms with Gasteiger partial charge in [-0.15, -0.1) is 11.3 Å². The summed E-state index contributed by atoms with van der Waals surface area (Å²) in [7, 11) is 0. The molecule has 0 aliphatic rings. The minimum Gasteiger partial charge on any atom is -0.378 e. The van der Waals surface area contributed by atoms with Crippen LogP contribution in [0.25, 0.3) is 0 Å². The van der Waals surface area contributed by atoms with Crippen molar-refractivity contribution in [3.05, 3.63) is 50.4 Å². The van der Waals surface area contributed by atoms with Crippen LogP contribution in [0, 0.1) is 17.5 Å². The van der Waals surface area contributed by atoms with Crippen molar-refractivity contribution in [3.8, 4) is 0 Å². The zero-order chi connectivity index (χ0) is 12.4. The molecule has 0 amide bonds. The van der Waals surface area contributed by atoms with Crippen molar-refractivity contribution < 1.29 is 13.2 Å². The minimum atomic E-state index is -1.19. The van der Waals surface area contributed by atoms with Gasteiger partial charge in [0.15, 0.2) is 11.6 Å². The summed E-state index contributed by atoms with van der Waals surface area (Å²) in [5, 5.41) is 4.60. The number of anilines is 1. The van der Waals surface area contributed by atoms with Crippen molar-refractivity contribution >= 4 is 33.0 Å². The van der Waals surface area contributed by atoms with E-state index in [1.54, 1.807) is 0 Å². The van der Waals surface area contributed by atoms with E-state index in [0.717, 1.165) is 15.4 Å². The Balaban J connectivity index is 2.14. The number of rotatable bonds is 3. The van der Waals surface area contributed by atoms with E-state index in [9.17, 15) is 13.2 Å². The minimum absolute atomic E-state index is 0.0517. The fourth-order valence-corrected chi connectivity index (χ4v) is 2.72. The van der Waals surface area contributed by atoms with Gasteiger partial charge in [-0.3, -0.25) is 0 Å². The first-order valence-electron chi connectivity index (χ1n) is 4.68. The highest BCUT2D eigenvalue weighted by molar-refractivity contribution is 9.10. The molecule has 0 saturated heterocycles. The second-order valence-corrected chi connectivity index (χ2v) is 5.15. The predicted octanol–water partition coefficient (Wildman–Crippen LogP) is 4.54. The summed E-state index contributed by atoms with van der Waals surface area (Å²) < 4.78 is 39.8. The van der Waals surface area contributed by atoms with E-state index >= 15 is 0 Å². The van der Waals surface area contributed by atoms with Crippen LogP contribution in [-0.4, -0.2) is 0 Å². The number of thiophene rings is 1. The van der Waals surface area contributed by atoms with Gasteiger partial charge in [-0.2, -0.15) is 0 Å². The van der Waals surface area contributed by atoms with Crippen molar-refractivity contribution in [2.24, 2.45) is 0 Å². The highest BCUT2D eigenvalue weighted by Gasteiger charge is 2.10. The van der Waals surface area contributed by atoms with Crippen molar-refractivity contribution in [1.82, 2.24) is 0 Å². The zero-order valence-electron chi connectivity index (χ0n) is 8.44. The Morgan fingerprint density at radius 3 is 2.47 bits per heavy atom. The molecule has 0 spiro atoms. The van der Waals surface area contributed by atoms with E-state index in [0.29, 0.717) is 12.6 Å². The number of hydrogen-bond acceptors (Lipinski definition) is 2. The summed E-state index contributed by atoms with van der Waals surface area (Å²) >= 11 is 4.81. The van der Waals surface area contributed by atoms with Crippen LogP contribution in [0.15, 0.2) is 28.1 Å². The van der Waals surface area contributed by atoms with Crippen LogP contribution in [0.5, 0.6) is 0 Å². The summed E-state index contributed by atoms with van der Waals surface area (Å²) in [6.07, 6.45) is 0. The van der Waals surface area contributed by atoms with Crippen molar-refractivity contribution in [2.75, 3.05) is 5.32 Å². The number of benzene rings is 1. The van der Waals surface area contributed by atoms with Gasteiger partial charge >= 0.3 is 0 Å². The average Bonchev–Trinajstić information content (AvgIpc) is 2.68. The molecule has 17 heavy (non-hydrogen) atoms. The maximum absolute atomic E-state index is 13.3. The summed E-state index contributed by atoms with van der Waals surface area (Å²) in [5.41, 5.74) is -0.0517. The molecule has 90 valence electrons. The first-order chi connectivity index (χ1) is 8.08. The molecule has 1 aromatic heterocycles. The van der Waals surface area contributed by atoms with Gasteiger partial charge < -0.3 is 5.32 Å². The molecule has 1 heterocycles. The van der Waals surface area contributed by atoms with Crippen LogP contribution in [0.1, 0.15) is 4.88 Å². The molecule has 1 aromatic carbocycles. The molecule has 0 aliphatic heterocycles. The first kappa shape index (κ1) is 12.4. The SMILES string of the molecule is Fc1cc(F)c(NCc2sccc2Br)cc1F. The topological polar surface area (TPSA) is 12.0 Å².